The zero-order valence-corrected chi connectivity index (χ0v) is 29.5. The lowest BCUT2D eigenvalue weighted by Crippen LogP contribution is -2.03. The van der Waals surface area contributed by atoms with Crippen LogP contribution >= 0.6 is 0 Å². The van der Waals surface area contributed by atoms with Gasteiger partial charge in [0.2, 0.25) is 0 Å². The zero-order chi connectivity index (χ0) is 36.6. The van der Waals surface area contributed by atoms with Gasteiger partial charge in [0.25, 0.3) is 0 Å². The maximum absolute atomic E-state index is 10.8. The van der Waals surface area contributed by atoms with Crippen LogP contribution in [-0.4, -0.2) is 13.7 Å². The second-order valence-corrected chi connectivity index (χ2v) is 13.9. The standard InChI is InChI=1S/C50H29N5/c51-30-32-13-11-25-47(49(32)38-18-4-9-23-44(38)55-45-24-10-5-19-39(45)50-33(31-52)14-12-26-48(50)55)54-43-22-8-3-17-37(43)40-29-34(27-28-46(40)54)53-41-20-6-1-15-35(41)36-16-2-7-21-42(36)53/h1-29H. The first-order chi connectivity index (χ1) is 27.2. The molecule has 5 heteroatoms. The molecule has 0 bridgehead atoms. The van der Waals surface area contributed by atoms with E-state index in [4.69, 9.17) is 0 Å². The number of hydrogen-bond acceptors (Lipinski definition) is 2. The van der Waals surface area contributed by atoms with E-state index in [1.54, 1.807) is 0 Å². The molecule has 5 nitrogen and oxygen atoms in total. The highest BCUT2D eigenvalue weighted by molar-refractivity contribution is 6.14. The molecular weight excluding hydrogens is 671 g/mol. The molecule has 0 radical (unpaired) electrons. The van der Waals surface area contributed by atoms with Crippen LogP contribution in [0.2, 0.25) is 0 Å². The van der Waals surface area contributed by atoms with Crippen molar-refractivity contribution in [2.24, 2.45) is 0 Å². The van der Waals surface area contributed by atoms with Gasteiger partial charge in [0, 0.05) is 49.1 Å². The number of fused-ring (bicyclic) bond motifs is 9. The molecule has 254 valence electrons. The molecule has 11 rings (SSSR count). The summed E-state index contributed by atoms with van der Waals surface area (Å²) in [5.74, 6) is 0. The largest absolute Gasteiger partial charge is 0.309 e. The highest BCUT2D eigenvalue weighted by atomic mass is 15.0. The van der Waals surface area contributed by atoms with Crippen molar-refractivity contribution in [2.75, 3.05) is 0 Å². The topological polar surface area (TPSA) is 62.4 Å². The molecule has 0 N–H and O–H groups in total. The molecule has 0 saturated heterocycles. The summed E-state index contributed by atoms with van der Waals surface area (Å²) in [7, 11) is 0. The summed E-state index contributed by atoms with van der Waals surface area (Å²) in [6.07, 6.45) is 0. The highest BCUT2D eigenvalue weighted by Gasteiger charge is 2.23. The summed E-state index contributed by atoms with van der Waals surface area (Å²) in [5.41, 5.74) is 12.3. The average Bonchev–Trinajstić information content (AvgIpc) is 3.89. The molecule has 3 heterocycles. The minimum Gasteiger partial charge on any atom is -0.309 e. The van der Waals surface area contributed by atoms with E-state index in [2.05, 4.69) is 153 Å². The van der Waals surface area contributed by atoms with Gasteiger partial charge in [-0.3, -0.25) is 0 Å². The van der Waals surface area contributed by atoms with Gasteiger partial charge in [-0.15, -0.1) is 0 Å². The van der Waals surface area contributed by atoms with Gasteiger partial charge >= 0.3 is 0 Å². The second kappa shape index (κ2) is 11.8. The van der Waals surface area contributed by atoms with Crippen LogP contribution in [-0.2, 0) is 0 Å². The van der Waals surface area contributed by atoms with Gasteiger partial charge in [0.05, 0.1) is 67.7 Å². The van der Waals surface area contributed by atoms with Gasteiger partial charge in [-0.05, 0) is 72.8 Å². The van der Waals surface area contributed by atoms with E-state index in [0.29, 0.717) is 11.1 Å². The summed E-state index contributed by atoms with van der Waals surface area (Å²) in [4.78, 5) is 0. The fourth-order valence-corrected chi connectivity index (χ4v) is 8.91. The maximum atomic E-state index is 10.8. The predicted octanol–water partition coefficient (Wildman–Crippen LogP) is 12.4. The Balaban J connectivity index is 1.20. The lowest BCUT2D eigenvalue weighted by atomic mass is 9.96. The first-order valence-corrected chi connectivity index (χ1v) is 18.3. The number of para-hydroxylation sites is 5. The first-order valence-electron chi connectivity index (χ1n) is 18.3. The number of aromatic nitrogens is 3. The summed E-state index contributed by atoms with van der Waals surface area (Å²) < 4.78 is 6.91. The zero-order valence-electron chi connectivity index (χ0n) is 29.5. The van der Waals surface area contributed by atoms with E-state index in [0.717, 1.165) is 71.8 Å². The van der Waals surface area contributed by atoms with Gasteiger partial charge < -0.3 is 13.7 Å². The van der Waals surface area contributed by atoms with Gasteiger partial charge in [0.1, 0.15) is 0 Å². The van der Waals surface area contributed by atoms with Crippen LogP contribution in [0.5, 0.6) is 0 Å². The van der Waals surface area contributed by atoms with E-state index >= 15 is 0 Å². The Morgan fingerprint density at radius 3 is 1.51 bits per heavy atom. The lowest BCUT2D eigenvalue weighted by Gasteiger charge is -2.19. The Bertz CT molecular complexity index is 3420. The molecule has 11 aromatic rings. The number of nitrogens with zero attached hydrogens (tertiary/aromatic N) is 5. The normalized spacial score (nSPS) is 11.6. The smallest absolute Gasteiger partial charge is 0.0998 e. The Morgan fingerprint density at radius 1 is 0.345 bits per heavy atom. The Hall–Kier alpha value is -7.86. The molecule has 0 spiro atoms. The third-order valence-corrected chi connectivity index (χ3v) is 11.1. The van der Waals surface area contributed by atoms with Crippen LogP contribution < -0.4 is 0 Å². The Morgan fingerprint density at radius 2 is 0.818 bits per heavy atom. The van der Waals surface area contributed by atoms with Crippen molar-refractivity contribution in [2.45, 2.75) is 0 Å². The third-order valence-electron chi connectivity index (χ3n) is 11.1. The highest BCUT2D eigenvalue weighted by Crippen LogP contribution is 2.43. The third kappa shape index (κ3) is 4.33. The lowest BCUT2D eigenvalue weighted by molar-refractivity contribution is 1.15. The van der Waals surface area contributed by atoms with Crippen LogP contribution in [0.25, 0.3) is 93.6 Å². The summed E-state index contributed by atoms with van der Waals surface area (Å²) in [5, 5.41) is 27.6. The van der Waals surface area contributed by atoms with Crippen molar-refractivity contribution in [3.8, 4) is 40.3 Å². The van der Waals surface area contributed by atoms with E-state index in [1.165, 1.54) is 21.8 Å². The SMILES string of the molecule is N#Cc1cccc(-n2c3ccccc3c3cc(-n4c5ccccc5c5ccccc54)ccc32)c1-c1ccccc1-n1c2ccccc2c2c(C#N)cccc21. The Labute approximate surface area is 316 Å². The number of nitriles is 2. The van der Waals surface area contributed by atoms with Gasteiger partial charge in [-0.1, -0.05) is 103 Å². The average molecular weight is 700 g/mol. The number of hydrogen-bond donors (Lipinski definition) is 0. The van der Waals surface area contributed by atoms with Crippen LogP contribution in [0, 0.1) is 22.7 Å². The van der Waals surface area contributed by atoms with Crippen LogP contribution in [0.4, 0.5) is 0 Å². The van der Waals surface area contributed by atoms with Gasteiger partial charge in [-0.25, -0.2) is 0 Å². The van der Waals surface area contributed by atoms with Gasteiger partial charge in [-0.2, -0.15) is 10.5 Å². The monoisotopic (exact) mass is 699 g/mol. The Kier molecular flexibility index (Phi) is 6.61. The molecule has 0 unspecified atom stereocenters. The van der Waals surface area contributed by atoms with E-state index < -0.39 is 0 Å². The molecule has 55 heavy (non-hydrogen) atoms. The fraction of sp³-hybridized carbons (Fsp3) is 0. The first kappa shape index (κ1) is 30.7. The van der Waals surface area contributed by atoms with E-state index in [-0.39, 0.29) is 0 Å². The van der Waals surface area contributed by atoms with Crippen LogP contribution in [0.3, 0.4) is 0 Å². The molecule has 8 aromatic carbocycles. The summed E-state index contributed by atoms with van der Waals surface area (Å²) >= 11 is 0. The summed E-state index contributed by atoms with van der Waals surface area (Å²) in [6.45, 7) is 0. The van der Waals surface area contributed by atoms with Crippen molar-refractivity contribution < 1.29 is 0 Å². The minimum absolute atomic E-state index is 0.580. The second-order valence-electron chi connectivity index (χ2n) is 13.9. The van der Waals surface area contributed by atoms with Crippen LogP contribution in [0.15, 0.2) is 176 Å². The van der Waals surface area contributed by atoms with Gasteiger partial charge in [0.15, 0.2) is 0 Å². The van der Waals surface area contributed by atoms with Crippen molar-refractivity contribution >= 4 is 65.4 Å². The van der Waals surface area contributed by atoms with Crippen molar-refractivity contribution in [1.29, 1.82) is 10.5 Å². The molecule has 0 aliphatic carbocycles. The van der Waals surface area contributed by atoms with E-state index in [9.17, 15) is 10.5 Å². The molecule has 0 saturated carbocycles. The summed E-state index contributed by atoms with van der Waals surface area (Å²) in [6, 6.07) is 65.9. The number of rotatable bonds is 4. The molecule has 0 amide bonds. The molecule has 0 aliphatic heterocycles. The predicted molar refractivity (Wildman–Crippen MR) is 224 cm³/mol. The van der Waals surface area contributed by atoms with Crippen molar-refractivity contribution in [3.05, 3.63) is 187 Å². The molecule has 3 aromatic heterocycles. The number of benzene rings is 8. The molecule has 0 atom stereocenters. The minimum atomic E-state index is 0.580. The maximum Gasteiger partial charge on any atom is 0.0998 e. The van der Waals surface area contributed by atoms with Crippen LogP contribution in [0.1, 0.15) is 11.1 Å². The van der Waals surface area contributed by atoms with E-state index in [1.807, 2.05) is 48.5 Å². The molecular formula is C50H29N5. The fourth-order valence-electron chi connectivity index (χ4n) is 8.91. The molecule has 0 aliphatic rings. The quantitative estimate of drug-likeness (QED) is 0.184. The van der Waals surface area contributed by atoms with Crippen molar-refractivity contribution in [1.82, 2.24) is 13.7 Å². The molecule has 0 fully saturated rings. The van der Waals surface area contributed by atoms with Crippen molar-refractivity contribution in [3.63, 3.8) is 0 Å².